The lowest BCUT2D eigenvalue weighted by Gasteiger charge is -1.94. The van der Waals surface area contributed by atoms with Gasteiger partial charge in [0.25, 0.3) is 11.1 Å². The zero-order valence-corrected chi connectivity index (χ0v) is 10.9. The van der Waals surface area contributed by atoms with Gasteiger partial charge in [0.15, 0.2) is 0 Å². The summed E-state index contributed by atoms with van der Waals surface area (Å²) in [6.07, 6.45) is 3.05. The number of pyridine rings is 1. The van der Waals surface area contributed by atoms with Crippen molar-refractivity contribution in [3.63, 3.8) is 0 Å². The molecule has 1 heterocycles. The molecule has 0 amide bonds. The Kier molecular flexibility index (Phi) is 6.74. The molecule has 11 heteroatoms. The van der Waals surface area contributed by atoms with E-state index in [0.29, 0.717) is 5.56 Å². The molecule has 0 radical (unpaired) electrons. The molecule has 1 unspecified atom stereocenters. The van der Waals surface area contributed by atoms with E-state index in [0.717, 1.165) is 0 Å². The van der Waals surface area contributed by atoms with Crippen molar-refractivity contribution in [3.05, 3.63) is 30.1 Å². The Morgan fingerprint density at radius 1 is 1.33 bits per heavy atom. The van der Waals surface area contributed by atoms with E-state index in [-0.39, 0.29) is 5.75 Å². The summed E-state index contributed by atoms with van der Waals surface area (Å²) in [4.78, 5) is 3.74. The van der Waals surface area contributed by atoms with Crippen LogP contribution in [0.5, 0.6) is 0 Å². The first-order chi connectivity index (χ1) is 8.02. The van der Waals surface area contributed by atoms with Crippen molar-refractivity contribution in [1.29, 1.82) is 0 Å². The molecule has 104 valence electrons. The molecule has 0 saturated carbocycles. The minimum atomic E-state index is -4.97. The standard InChI is InChI=1S/C6H6ClNO2S.CHF3O2S/c7-11(9,10)5-6-1-3-8-4-2-6;2-1(3,4)7(5)6/h1-4H,5H2;(H,5,6). The van der Waals surface area contributed by atoms with Crippen LogP contribution >= 0.6 is 10.7 Å². The third kappa shape index (κ3) is 9.33. The minimum absolute atomic E-state index is 0.142. The van der Waals surface area contributed by atoms with Crippen LogP contribution in [0.15, 0.2) is 24.5 Å². The van der Waals surface area contributed by atoms with E-state index in [2.05, 4.69) is 4.98 Å². The van der Waals surface area contributed by atoms with Gasteiger partial charge >= 0.3 is 5.51 Å². The SMILES string of the molecule is O=S(=O)(Cl)Cc1ccncc1.O=S(O)C(F)(F)F. The first-order valence-corrected chi connectivity index (χ1v) is 7.60. The molecule has 0 spiro atoms. The zero-order chi connectivity index (χ0) is 14.4. The summed E-state index contributed by atoms with van der Waals surface area (Å²) in [5.41, 5.74) is -4.32. The van der Waals surface area contributed by atoms with Crippen molar-refractivity contribution in [2.75, 3.05) is 0 Å². The lowest BCUT2D eigenvalue weighted by Crippen LogP contribution is -2.14. The molecule has 1 N–H and O–H groups in total. The first-order valence-electron chi connectivity index (χ1n) is 4.01. The Hall–Kier alpha value is -0.710. The third-order valence-corrected chi connectivity index (χ3v) is 2.69. The summed E-state index contributed by atoms with van der Waals surface area (Å²) in [6, 6.07) is 3.22. The number of hydrogen-bond donors (Lipinski definition) is 1. The van der Waals surface area contributed by atoms with Crippen LogP contribution in [0.25, 0.3) is 0 Å². The van der Waals surface area contributed by atoms with Crippen LogP contribution in [0, 0.1) is 0 Å². The van der Waals surface area contributed by atoms with Gasteiger partial charge in [0.2, 0.25) is 9.05 Å². The van der Waals surface area contributed by atoms with Crippen LogP contribution in [-0.2, 0) is 25.9 Å². The molecule has 1 atom stereocenters. The maximum absolute atomic E-state index is 10.6. The van der Waals surface area contributed by atoms with Gasteiger partial charge in [0.05, 0.1) is 5.75 Å². The van der Waals surface area contributed by atoms with Crippen molar-refractivity contribution in [2.45, 2.75) is 11.3 Å². The molecular weight excluding hydrogens is 319 g/mol. The number of alkyl halides is 3. The monoisotopic (exact) mass is 325 g/mol. The van der Waals surface area contributed by atoms with E-state index in [1.807, 2.05) is 0 Å². The molecular formula is C7H7ClF3NO4S2. The van der Waals surface area contributed by atoms with Gasteiger partial charge in [-0.15, -0.1) is 0 Å². The summed E-state index contributed by atoms with van der Waals surface area (Å²) in [7, 11) is 1.59. The van der Waals surface area contributed by atoms with Crippen LogP contribution in [-0.4, -0.2) is 27.7 Å². The Morgan fingerprint density at radius 3 is 2.00 bits per heavy atom. The second-order valence-corrected chi connectivity index (χ2v) is 6.47. The van der Waals surface area contributed by atoms with Crippen LogP contribution in [0.1, 0.15) is 5.56 Å². The van der Waals surface area contributed by atoms with Gasteiger partial charge in [-0.25, -0.2) is 12.6 Å². The van der Waals surface area contributed by atoms with Crippen molar-refractivity contribution in [3.8, 4) is 0 Å². The van der Waals surface area contributed by atoms with Crippen LogP contribution < -0.4 is 0 Å². The normalized spacial score (nSPS) is 13.4. The number of hydrogen-bond acceptors (Lipinski definition) is 4. The number of aromatic nitrogens is 1. The van der Waals surface area contributed by atoms with Crippen molar-refractivity contribution >= 4 is 30.8 Å². The largest absolute Gasteiger partial charge is 0.496 e. The molecule has 5 nitrogen and oxygen atoms in total. The molecule has 1 aromatic rings. The fraction of sp³-hybridized carbons (Fsp3) is 0.286. The fourth-order valence-electron chi connectivity index (χ4n) is 0.678. The Labute approximate surface area is 108 Å². The third-order valence-electron chi connectivity index (χ3n) is 1.29. The van der Waals surface area contributed by atoms with Gasteiger partial charge in [-0.1, -0.05) is 0 Å². The molecule has 0 aliphatic carbocycles. The van der Waals surface area contributed by atoms with Gasteiger partial charge in [0, 0.05) is 23.1 Å². The summed E-state index contributed by atoms with van der Waals surface area (Å²) >= 11 is -3.68. The molecule has 0 aliphatic rings. The quantitative estimate of drug-likeness (QED) is 0.663. The highest BCUT2D eigenvalue weighted by Gasteiger charge is 2.35. The molecule has 18 heavy (non-hydrogen) atoms. The van der Waals surface area contributed by atoms with Crippen molar-refractivity contribution < 1.29 is 30.4 Å². The second kappa shape index (κ2) is 7.02. The Bertz CT molecular complexity index is 491. The van der Waals surface area contributed by atoms with Gasteiger partial charge in [-0.3, -0.25) is 9.54 Å². The lowest BCUT2D eigenvalue weighted by molar-refractivity contribution is -0.0446. The van der Waals surface area contributed by atoms with Gasteiger partial charge in [-0.05, 0) is 17.7 Å². The maximum Gasteiger partial charge on any atom is 0.496 e. The van der Waals surface area contributed by atoms with Gasteiger partial charge < -0.3 is 0 Å². The van der Waals surface area contributed by atoms with E-state index in [9.17, 15) is 21.6 Å². The van der Waals surface area contributed by atoms with Crippen molar-refractivity contribution in [1.82, 2.24) is 4.98 Å². The molecule has 0 saturated heterocycles. The van der Waals surface area contributed by atoms with E-state index >= 15 is 0 Å². The molecule has 0 aliphatic heterocycles. The summed E-state index contributed by atoms with van der Waals surface area (Å²) in [6.45, 7) is 0. The van der Waals surface area contributed by atoms with Crippen LogP contribution in [0.2, 0.25) is 0 Å². The Morgan fingerprint density at radius 2 is 1.72 bits per heavy atom. The second-order valence-electron chi connectivity index (χ2n) is 2.73. The lowest BCUT2D eigenvalue weighted by atomic mass is 10.3. The fourth-order valence-corrected chi connectivity index (χ4v) is 1.65. The topological polar surface area (TPSA) is 84.3 Å². The highest BCUT2D eigenvalue weighted by atomic mass is 35.7. The van der Waals surface area contributed by atoms with E-state index in [1.54, 1.807) is 12.1 Å². The smallest absolute Gasteiger partial charge is 0.299 e. The number of nitrogens with zero attached hydrogens (tertiary/aromatic N) is 1. The molecule has 0 fully saturated rings. The van der Waals surface area contributed by atoms with E-state index < -0.39 is 25.6 Å². The summed E-state index contributed by atoms with van der Waals surface area (Å²) < 4.78 is 69.2. The predicted molar refractivity (Wildman–Crippen MR) is 59.5 cm³/mol. The summed E-state index contributed by atoms with van der Waals surface area (Å²) in [5.74, 6) is -0.142. The first kappa shape index (κ1) is 17.3. The van der Waals surface area contributed by atoms with Gasteiger partial charge in [-0.2, -0.15) is 13.2 Å². The highest BCUT2D eigenvalue weighted by Crippen LogP contribution is 2.16. The predicted octanol–water partition coefficient (Wildman–Crippen LogP) is 1.88. The number of rotatable bonds is 2. The molecule has 0 bridgehead atoms. The van der Waals surface area contributed by atoms with Crippen molar-refractivity contribution in [2.24, 2.45) is 0 Å². The molecule has 0 aromatic carbocycles. The van der Waals surface area contributed by atoms with Gasteiger partial charge in [0.1, 0.15) is 0 Å². The summed E-state index contributed by atoms with van der Waals surface area (Å²) in [5, 5.41) is 0. The zero-order valence-electron chi connectivity index (χ0n) is 8.46. The average molecular weight is 326 g/mol. The van der Waals surface area contributed by atoms with Crippen LogP contribution in [0.3, 0.4) is 0 Å². The molecule has 1 aromatic heterocycles. The number of halogens is 4. The maximum atomic E-state index is 10.6. The van der Waals surface area contributed by atoms with Crippen LogP contribution in [0.4, 0.5) is 13.2 Å². The average Bonchev–Trinajstić information content (AvgIpc) is 2.15. The highest BCUT2D eigenvalue weighted by molar-refractivity contribution is 8.13. The van der Waals surface area contributed by atoms with E-state index in [1.165, 1.54) is 12.4 Å². The minimum Gasteiger partial charge on any atom is -0.299 e. The molecule has 1 rings (SSSR count). The Balaban J connectivity index is 0.000000360. The van der Waals surface area contributed by atoms with E-state index in [4.69, 9.17) is 19.4 Å².